The van der Waals surface area contributed by atoms with E-state index in [4.69, 9.17) is 5.73 Å². The quantitative estimate of drug-likeness (QED) is 0.782. The zero-order valence-corrected chi connectivity index (χ0v) is 8.67. The molecule has 0 amide bonds. The van der Waals surface area contributed by atoms with Crippen LogP contribution in [0.4, 0.5) is 10.1 Å². The number of nitrogen functional groups attached to an aromatic ring is 1. The predicted octanol–water partition coefficient (Wildman–Crippen LogP) is 1.49. The largest absolute Gasteiger partial charge is 0.397 e. The number of aryl methyl sites for hydroxylation is 1. The minimum absolute atomic E-state index is 0.0241. The minimum Gasteiger partial charge on any atom is -0.397 e. The lowest BCUT2D eigenvalue weighted by Gasteiger charge is -2.16. The molecule has 14 heavy (non-hydrogen) atoms. The van der Waals surface area contributed by atoms with Gasteiger partial charge in [-0.05, 0) is 26.3 Å². The summed E-state index contributed by atoms with van der Waals surface area (Å²) in [7, 11) is 0. The van der Waals surface area contributed by atoms with Crippen molar-refractivity contribution in [2.75, 3.05) is 5.73 Å². The Balaban J connectivity index is 3.11. The molecule has 0 radical (unpaired) electrons. The molecule has 0 aromatic carbocycles. The molecule has 0 fully saturated rings. The third kappa shape index (κ3) is 2.58. The third-order valence-corrected chi connectivity index (χ3v) is 1.92. The van der Waals surface area contributed by atoms with E-state index in [-0.39, 0.29) is 12.1 Å². The molecule has 0 atom stereocenters. The number of halogens is 1. The van der Waals surface area contributed by atoms with Gasteiger partial charge in [0.15, 0.2) is 0 Å². The molecule has 1 rings (SSSR count). The van der Waals surface area contributed by atoms with Crippen molar-refractivity contribution >= 4 is 5.69 Å². The van der Waals surface area contributed by atoms with Gasteiger partial charge in [0.1, 0.15) is 5.67 Å². The van der Waals surface area contributed by atoms with Crippen LogP contribution in [-0.2, 0) is 6.54 Å². The van der Waals surface area contributed by atoms with Crippen LogP contribution in [-0.4, -0.2) is 10.2 Å². The monoisotopic (exact) mass is 198 g/mol. The zero-order valence-electron chi connectivity index (χ0n) is 8.67. The molecular weight excluding hydrogens is 183 g/mol. The highest BCUT2D eigenvalue weighted by atomic mass is 19.1. The Labute approximate surface area is 82.4 Å². The Morgan fingerprint density at radius 3 is 2.64 bits per heavy atom. The maximum absolute atomic E-state index is 13.3. The van der Waals surface area contributed by atoms with Crippen LogP contribution in [0.15, 0.2) is 17.1 Å². The molecule has 0 saturated carbocycles. The standard InChI is InChI=1S/C10H15FN2O/c1-7-4-9(14)13(5-8(7)12)6-10(2,3)11/h4-5H,6,12H2,1-3H3. The summed E-state index contributed by atoms with van der Waals surface area (Å²) in [6, 6.07) is 1.42. The first-order chi connectivity index (χ1) is 6.29. The van der Waals surface area contributed by atoms with Crippen molar-refractivity contribution in [3.8, 4) is 0 Å². The van der Waals surface area contributed by atoms with Crippen molar-refractivity contribution < 1.29 is 4.39 Å². The summed E-state index contributed by atoms with van der Waals surface area (Å²) in [6.07, 6.45) is 1.49. The third-order valence-electron chi connectivity index (χ3n) is 1.92. The van der Waals surface area contributed by atoms with Gasteiger partial charge in [-0.15, -0.1) is 0 Å². The summed E-state index contributed by atoms with van der Waals surface area (Å²) < 4.78 is 14.6. The van der Waals surface area contributed by atoms with Gasteiger partial charge in [0, 0.05) is 12.3 Å². The van der Waals surface area contributed by atoms with Crippen LogP contribution in [0, 0.1) is 6.92 Å². The van der Waals surface area contributed by atoms with Crippen molar-refractivity contribution in [3.05, 3.63) is 28.2 Å². The molecule has 4 heteroatoms. The average molecular weight is 198 g/mol. The first-order valence-corrected chi connectivity index (χ1v) is 4.45. The van der Waals surface area contributed by atoms with E-state index in [1.165, 1.54) is 30.7 Å². The first-order valence-electron chi connectivity index (χ1n) is 4.45. The van der Waals surface area contributed by atoms with E-state index in [1.54, 1.807) is 6.92 Å². The summed E-state index contributed by atoms with van der Waals surface area (Å²) >= 11 is 0. The molecule has 0 spiro atoms. The highest BCUT2D eigenvalue weighted by Gasteiger charge is 2.17. The van der Waals surface area contributed by atoms with Crippen molar-refractivity contribution in [2.45, 2.75) is 33.0 Å². The Bertz CT molecular complexity index is 390. The molecule has 0 unspecified atom stereocenters. The van der Waals surface area contributed by atoms with E-state index in [9.17, 15) is 9.18 Å². The smallest absolute Gasteiger partial charge is 0.251 e. The average Bonchev–Trinajstić information content (AvgIpc) is 1.97. The fourth-order valence-electron chi connectivity index (χ4n) is 1.21. The Morgan fingerprint density at radius 1 is 1.57 bits per heavy atom. The van der Waals surface area contributed by atoms with Crippen LogP contribution >= 0.6 is 0 Å². The second-order valence-electron chi connectivity index (χ2n) is 4.10. The predicted molar refractivity (Wildman–Crippen MR) is 55.0 cm³/mol. The molecular formula is C10H15FN2O. The summed E-state index contributed by atoms with van der Waals surface area (Å²) in [5.41, 5.74) is 5.23. The minimum atomic E-state index is -1.41. The SMILES string of the molecule is Cc1cc(=O)n(CC(C)(C)F)cc1N. The summed E-state index contributed by atoms with van der Waals surface area (Å²) in [5.74, 6) is 0. The fraction of sp³-hybridized carbons (Fsp3) is 0.500. The topological polar surface area (TPSA) is 48.0 Å². The van der Waals surface area contributed by atoms with Gasteiger partial charge in [-0.2, -0.15) is 0 Å². The van der Waals surface area contributed by atoms with Crippen LogP contribution in [0.2, 0.25) is 0 Å². The van der Waals surface area contributed by atoms with Gasteiger partial charge in [-0.3, -0.25) is 4.79 Å². The molecule has 3 nitrogen and oxygen atoms in total. The van der Waals surface area contributed by atoms with Crippen molar-refractivity contribution in [3.63, 3.8) is 0 Å². The van der Waals surface area contributed by atoms with Crippen molar-refractivity contribution in [2.24, 2.45) is 0 Å². The maximum atomic E-state index is 13.3. The lowest BCUT2D eigenvalue weighted by Crippen LogP contribution is -2.29. The molecule has 0 aliphatic heterocycles. The Hall–Kier alpha value is -1.32. The highest BCUT2D eigenvalue weighted by molar-refractivity contribution is 5.42. The van der Waals surface area contributed by atoms with E-state index in [2.05, 4.69) is 0 Å². The fourth-order valence-corrected chi connectivity index (χ4v) is 1.21. The van der Waals surface area contributed by atoms with Crippen LogP contribution in [0.3, 0.4) is 0 Å². The lowest BCUT2D eigenvalue weighted by molar-refractivity contribution is 0.184. The number of nitrogens with zero attached hydrogens (tertiary/aromatic N) is 1. The molecule has 0 saturated heterocycles. The van der Waals surface area contributed by atoms with Crippen LogP contribution < -0.4 is 11.3 Å². The van der Waals surface area contributed by atoms with Gasteiger partial charge >= 0.3 is 0 Å². The highest BCUT2D eigenvalue weighted by Crippen LogP contribution is 2.12. The van der Waals surface area contributed by atoms with E-state index in [1.807, 2.05) is 0 Å². The lowest BCUT2D eigenvalue weighted by atomic mass is 10.1. The van der Waals surface area contributed by atoms with E-state index < -0.39 is 5.67 Å². The Kier molecular flexibility index (Phi) is 2.64. The second kappa shape index (κ2) is 3.44. The number of anilines is 1. The molecule has 0 aliphatic rings. The summed E-state index contributed by atoms with van der Waals surface area (Å²) in [5, 5.41) is 0. The second-order valence-corrected chi connectivity index (χ2v) is 4.10. The molecule has 78 valence electrons. The van der Waals surface area contributed by atoms with E-state index in [0.29, 0.717) is 5.69 Å². The number of pyridine rings is 1. The molecule has 1 heterocycles. The summed E-state index contributed by atoms with van der Waals surface area (Å²) in [6.45, 7) is 4.63. The van der Waals surface area contributed by atoms with Crippen LogP contribution in [0.1, 0.15) is 19.4 Å². The van der Waals surface area contributed by atoms with E-state index >= 15 is 0 Å². The normalized spacial score (nSPS) is 11.7. The van der Waals surface area contributed by atoms with Crippen LogP contribution in [0.25, 0.3) is 0 Å². The van der Waals surface area contributed by atoms with Gasteiger partial charge in [0.25, 0.3) is 5.56 Å². The van der Waals surface area contributed by atoms with E-state index in [0.717, 1.165) is 5.56 Å². The van der Waals surface area contributed by atoms with Crippen molar-refractivity contribution in [1.29, 1.82) is 0 Å². The maximum Gasteiger partial charge on any atom is 0.251 e. The molecule has 0 aliphatic carbocycles. The number of alkyl halides is 1. The van der Waals surface area contributed by atoms with Gasteiger partial charge in [0.05, 0.1) is 12.2 Å². The number of nitrogens with two attached hydrogens (primary N) is 1. The van der Waals surface area contributed by atoms with Crippen LogP contribution in [0.5, 0.6) is 0 Å². The molecule has 2 N–H and O–H groups in total. The van der Waals surface area contributed by atoms with Gasteiger partial charge in [-0.1, -0.05) is 0 Å². The van der Waals surface area contributed by atoms with Gasteiger partial charge in [-0.25, -0.2) is 4.39 Å². The Morgan fingerprint density at radius 2 is 2.14 bits per heavy atom. The van der Waals surface area contributed by atoms with Gasteiger partial charge in [0.2, 0.25) is 0 Å². The first kappa shape index (κ1) is 10.8. The zero-order chi connectivity index (χ0) is 10.9. The number of aromatic nitrogens is 1. The number of hydrogen-bond acceptors (Lipinski definition) is 2. The number of hydrogen-bond donors (Lipinski definition) is 1. The molecule has 1 aromatic rings. The van der Waals surface area contributed by atoms with Gasteiger partial charge < -0.3 is 10.3 Å². The van der Waals surface area contributed by atoms with Crippen molar-refractivity contribution in [1.82, 2.24) is 4.57 Å². The molecule has 0 bridgehead atoms. The number of rotatable bonds is 2. The summed E-state index contributed by atoms with van der Waals surface area (Å²) in [4.78, 5) is 11.4. The molecule has 1 aromatic heterocycles.